The average Bonchev–Trinajstić information content (AvgIpc) is 2.79. The van der Waals surface area contributed by atoms with Crippen molar-refractivity contribution in [2.24, 2.45) is 0 Å². The number of hydrogen-bond donors (Lipinski definition) is 0. The molecular weight excluding hydrogens is 426 g/mol. The van der Waals surface area contributed by atoms with Crippen LogP contribution in [0, 0.1) is 0 Å². The van der Waals surface area contributed by atoms with Gasteiger partial charge in [-0.15, -0.1) is 0 Å². The fraction of sp³-hybridized carbons (Fsp3) is 0.238. The Bertz CT molecular complexity index is 1160. The summed E-state index contributed by atoms with van der Waals surface area (Å²) in [5.41, 5.74) is 0.594. The molecule has 0 saturated carbocycles. The van der Waals surface area contributed by atoms with E-state index in [-0.39, 0.29) is 30.5 Å². The van der Waals surface area contributed by atoms with Crippen LogP contribution in [0.3, 0.4) is 0 Å². The second kappa shape index (κ2) is 8.59. The highest BCUT2D eigenvalue weighted by atomic mass is 35.5. The van der Waals surface area contributed by atoms with Crippen molar-refractivity contribution in [2.75, 3.05) is 32.8 Å². The van der Waals surface area contributed by atoms with Crippen LogP contribution in [0.1, 0.15) is 0 Å². The molecule has 1 fully saturated rings. The van der Waals surface area contributed by atoms with Crippen LogP contribution in [0.5, 0.6) is 5.75 Å². The fourth-order valence-corrected chi connectivity index (χ4v) is 5.04. The van der Waals surface area contributed by atoms with Gasteiger partial charge in [-0.2, -0.15) is 4.31 Å². The number of aromatic nitrogens is 1. The lowest BCUT2D eigenvalue weighted by Crippen LogP contribution is -2.51. The van der Waals surface area contributed by atoms with Crippen LogP contribution < -0.4 is 4.74 Å². The van der Waals surface area contributed by atoms with Gasteiger partial charge in [0.15, 0.2) is 6.61 Å². The zero-order chi connectivity index (χ0) is 21.1. The van der Waals surface area contributed by atoms with E-state index in [0.29, 0.717) is 29.4 Å². The van der Waals surface area contributed by atoms with Crippen LogP contribution in [0.4, 0.5) is 0 Å². The third-order valence-corrected chi connectivity index (χ3v) is 7.25. The maximum Gasteiger partial charge on any atom is 0.260 e. The highest BCUT2D eigenvalue weighted by molar-refractivity contribution is 7.89. The van der Waals surface area contributed by atoms with Gasteiger partial charge in [0, 0.05) is 37.8 Å². The van der Waals surface area contributed by atoms with Gasteiger partial charge in [0.2, 0.25) is 10.0 Å². The first-order valence-corrected chi connectivity index (χ1v) is 11.3. The zero-order valence-corrected chi connectivity index (χ0v) is 17.6. The average molecular weight is 446 g/mol. The molecule has 2 aromatic carbocycles. The summed E-state index contributed by atoms with van der Waals surface area (Å²) in [5.74, 6) is 0.277. The van der Waals surface area contributed by atoms with E-state index in [1.54, 1.807) is 59.6 Å². The highest BCUT2D eigenvalue weighted by Gasteiger charge is 2.30. The van der Waals surface area contributed by atoms with Gasteiger partial charge in [0.05, 0.1) is 9.92 Å². The van der Waals surface area contributed by atoms with E-state index in [4.69, 9.17) is 16.3 Å². The fourth-order valence-electron chi connectivity index (χ4n) is 3.38. The van der Waals surface area contributed by atoms with E-state index < -0.39 is 10.0 Å². The molecule has 3 aromatic rings. The number of nitrogens with zero attached hydrogens (tertiary/aromatic N) is 3. The van der Waals surface area contributed by atoms with Gasteiger partial charge < -0.3 is 9.64 Å². The second-order valence-corrected chi connectivity index (χ2v) is 9.18. The van der Waals surface area contributed by atoms with Crippen molar-refractivity contribution >= 4 is 38.4 Å². The Morgan fingerprint density at radius 3 is 2.47 bits per heavy atom. The Labute approximate surface area is 179 Å². The van der Waals surface area contributed by atoms with Crippen molar-refractivity contribution in [3.8, 4) is 5.75 Å². The van der Waals surface area contributed by atoms with Crippen molar-refractivity contribution in [3.63, 3.8) is 0 Å². The molecule has 4 rings (SSSR count). The number of halogens is 1. The lowest BCUT2D eigenvalue weighted by atomic mass is 10.2. The molecule has 0 radical (unpaired) electrons. The minimum absolute atomic E-state index is 0.154. The van der Waals surface area contributed by atoms with E-state index in [1.165, 1.54) is 4.31 Å². The van der Waals surface area contributed by atoms with Crippen molar-refractivity contribution in [1.82, 2.24) is 14.2 Å². The predicted octanol–water partition coefficient (Wildman–Crippen LogP) is 2.80. The van der Waals surface area contributed by atoms with Crippen LogP contribution >= 0.6 is 11.6 Å². The molecule has 0 bridgehead atoms. The standard InChI is InChI=1S/C21H20ClN3O4S/c22-18-8-9-19(21-17(18)7-4-10-23-21)29-15-20(26)24-11-13-25(14-12-24)30(27,28)16-5-2-1-3-6-16/h1-10H,11-15H2. The highest BCUT2D eigenvalue weighted by Crippen LogP contribution is 2.29. The van der Waals surface area contributed by atoms with Crippen LogP contribution in [0.25, 0.3) is 10.9 Å². The van der Waals surface area contributed by atoms with Gasteiger partial charge in [-0.05, 0) is 36.4 Å². The molecular formula is C21H20ClN3O4S. The summed E-state index contributed by atoms with van der Waals surface area (Å²) in [6, 6.07) is 15.3. The number of hydrogen-bond acceptors (Lipinski definition) is 5. The number of rotatable bonds is 5. The van der Waals surface area contributed by atoms with Crippen molar-refractivity contribution in [3.05, 3.63) is 65.8 Å². The minimum Gasteiger partial charge on any atom is -0.481 e. The van der Waals surface area contributed by atoms with E-state index in [9.17, 15) is 13.2 Å². The number of sulfonamides is 1. The molecule has 0 atom stereocenters. The molecule has 0 N–H and O–H groups in total. The first-order valence-electron chi connectivity index (χ1n) is 9.46. The largest absolute Gasteiger partial charge is 0.481 e. The number of amides is 1. The first-order chi connectivity index (χ1) is 14.5. The number of fused-ring (bicyclic) bond motifs is 1. The van der Waals surface area contributed by atoms with E-state index in [0.717, 1.165) is 5.39 Å². The minimum atomic E-state index is -3.55. The van der Waals surface area contributed by atoms with Crippen LogP contribution in [0.2, 0.25) is 5.02 Å². The van der Waals surface area contributed by atoms with Gasteiger partial charge >= 0.3 is 0 Å². The number of pyridine rings is 1. The second-order valence-electron chi connectivity index (χ2n) is 6.83. The van der Waals surface area contributed by atoms with Gasteiger partial charge in [-0.3, -0.25) is 9.78 Å². The SMILES string of the molecule is O=C(COc1ccc(Cl)c2cccnc12)N1CCN(S(=O)(=O)c2ccccc2)CC1. The molecule has 1 aliphatic heterocycles. The maximum atomic E-state index is 12.7. The number of benzene rings is 2. The predicted molar refractivity (Wildman–Crippen MR) is 114 cm³/mol. The summed E-state index contributed by atoms with van der Waals surface area (Å²) in [7, 11) is -3.55. The molecule has 156 valence electrons. The third kappa shape index (κ3) is 4.12. The third-order valence-electron chi connectivity index (χ3n) is 5.00. The van der Waals surface area contributed by atoms with Crippen molar-refractivity contribution in [2.45, 2.75) is 4.90 Å². The Kier molecular flexibility index (Phi) is 5.90. The van der Waals surface area contributed by atoms with E-state index in [2.05, 4.69) is 4.98 Å². The molecule has 0 unspecified atom stereocenters. The Morgan fingerprint density at radius 2 is 1.73 bits per heavy atom. The van der Waals surface area contributed by atoms with E-state index in [1.807, 2.05) is 6.07 Å². The summed E-state index contributed by atoms with van der Waals surface area (Å²) < 4.78 is 32.5. The Hall–Kier alpha value is -2.68. The topological polar surface area (TPSA) is 79.8 Å². The maximum absolute atomic E-state index is 12.7. The van der Waals surface area contributed by atoms with Crippen LogP contribution in [0.15, 0.2) is 65.7 Å². The smallest absolute Gasteiger partial charge is 0.260 e. The zero-order valence-electron chi connectivity index (χ0n) is 16.1. The molecule has 2 heterocycles. The van der Waals surface area contributed by atoms with Crippen LogP contribution in [-0.4, -0.2) is 61.3 Å². The van der Waals surface area contributed by atoms with Gasteiger partial charge in [-0.1, -0.05) is 29.8 Å². The molecule has 9 heteroatoms. The Morgan fingerprint density at radius 1 is 1.00 bits per heavy atom. The summed E-state index contributed by atoms with van der Waals surface area (Å²) >= 11 is 6.18. The molecule has 1 amide bonds. The number of piperazine rings is 1. The van der Waals surface area contributed by atoms with Gasteiger partial charge in [0.25, 0.3) is 5.91 Å². The summed E-state index contributed by atoms with van der Waals surface area (Å²) in [6.45, 7) is 0.962. The molecule has 0 spiro atoms. The van der Waals surface area contributed by atoms with Crippen molar-refractivity contribution < 1.29 is 17.9 Å². The normalized spacial score (nSPS) is 15.3. The number of ether oxygens (including phenoxy) is 1. The molecule has 1 aromatic heterocycles. The van der Waals surface area contributed by atoms with E-state index >= 15 is 0 Å². The van der Waals surface area contributed by atoms with Crippen LogP contribution in [-0.2, 0) is 14.8 Å². The molecule has 1 aliphatic rings. The van der Waals surface area contributed by atoms with Crippen molar-refractivity contribution in [1.29, 1.82) is 0 Å². The monoisotopic (exact) mass is 445 g/mol. The summed E-state index contributed by atoms with van der Waals surface area (Å²) in [5, 5.41) is 1.32. The Balaban J connectivity index is 1.37. The lowest BCUT2D eigenvalue weighted by molar-refractivity contribution is -0.134. The molecule has 30 heavy (non-hydrogen) atoms. The quantitative estimate of drug-likeness (QED) is 0.603. The molecule has 1 saturated heterocycles. The first kappa shape index (κ1) is 20.6. The molecule has 7 nitrogen and oxygen atoms in total. The summed E-state index contributed by atoms with van der Waals surface area (Å²) in [4.78, 5) is 18.8. The number of carbonyl (C=O) groups excluding carboxylic acids is 1. The van der Waals surface area contributed by atoms with Gasteiger partial charge in [-0.25, -0.2) is 8.42 Å². The summed E-state index contributed by atoms with van der Waals surface area (Å²) in [6.07, 6.45) is 1.64. The number of carbonyl (C=O) groups is 1. The van der Waals surface area contributed by atoms with Gasteiger partial charge in [0.1, 0.15) is 11.3 Å². The molecule has 0 aliphatic carbocycles. The lowest BCUT2D eigenvalue weighted by Gasteiger charge is -2.34.